The van der Waals surface area contributed by atoms with Crippen molar-refractivity contribution in [3.05, 3.63) is 29.0 Å². The van der Waals surface area contributed by atoms with Crippen LogP contribution in [0, 0.1) is 0 Å². The first-order valence-electron chi connectivity index (χ1n) is 3.73. The van der Waals surface area contributed by atoms with Crippen molar-refractivity contribution in [1.82, 2.24) is 4.98 Å². The molecule has 2 rings (SSSR count). The first-order chi connectivity index (χ1) is 6.27. The summed E-state index contributed by atoms with van der Waals surface area (Å²) in [4.78, 5) is 4.00. The fourth-order valence-corrected chi connectivity index (χ4v) is 2.21. The summed E-state index contributed by atoms with van der Waals surface area (Å²) in [6.07, 6.45) is 3.84. The molecule has 1 aromatic rings. The Hall–Kier alpha value is -0.870. The third-order valence-electron chi connectivity index (χ3n) is 1.70. The number of rotatable bonds is 1. The van der Waals surface area contributed by atoms with Crippen LogP contribution in [0.25, 0.3) is 0 Å². The minimum absolute atomic E-state index is 0.339. The summed E-state index contributed by atoms with van der Waals surface area (Å²) in [7, 11) is -0.339. The summed E-state index contributed by atoms with van der Waals surface area (Å²) in [5.41, 5.74) is 2.88. The highest BCUT2D eigenvalue weighted by atomic mass is 35.5. The molecule has 0 bridgehead atoms. The highest BCUT2D eigenvalue weighted by Crippen LogP contribution is 2.28. The zero-order valence-electron chi connectivity index (χ0n) is 6.98. The van der Waals surface area contributed by atoms with Crippen LogP contribution in [0.2, 0.25) is 5.15 Å². The van der Waals surface area contributed by atoms with Gasteiger partial charge in [-0.15, -0.1) is 5.10 Å². The predicted octanol–water partition coefficient (Wildman–Crippen LogP) is 2.07. The lowest BCUT2D eigenvalue weighted by atomic mass is 10.3. The Labute approximate surface area is 83.9 Å². The Morgan fingerprint density at radius 3 is 2.77 bits per heavy atom. The maximum atomic E-state index is 5.68. The molecular weight excluding hydrogens is 206 g/mol. The SMILES string of the molecule is C[SH]1C=NN=C1c1ccc(Cl)nc1. The van der Waals surface area contributed by atoms with Crippen molar-refractivity contribution < 1.29 is 0 Å². The molecule has 0 N–H and O–H groups in total. The predicted molar refractivity (Wildman–Crippen MR) is 59.2 cm³/mol. The van der Waals surface area contributed by atoms with Gasteiger partial charge in [-0.05, 0) is 18.4 Å². The maximum Gasteiger partial charge on any atom is 0.129 e. The van der Waals surface area contributed by atoms with Gasteiger partial charge in [0.05, 0.1) is 5.55 Å². The summed E-state index contributed by atoms with van der Waals surface area (Å²) in [6.45, 7) is 0. The van der Waals surface area contributed by atoms with Crippen molar-refractivity contribution in [3.8, 4) is 0 Å². The van der Waals surface area contributed by atoms with Gasteiger partial charge in [-0.25, -0.2) is 4.98 Å². The number of aromatic nitrogens is 1. The molecular formula is C8H8ClN3S. The van der Waals surface area contributed by atoms with E-state index >= 15 is 0 Å². The molecule has 1 unspecified atom stereocenters. The number of halogens is 1. The maximum absolute atomic E-state index is 5.68. The fraction of sp³-hybridized carbons (Fsp3) is 0.125. The summed E-state index contributed by atoms with van der Waals surface area (Å²) in [5.74, 6) is 0. The average molecular weight is 214 g/mol. The summed E-state index contributed by atoms with van der Waals surface area (Å²) < 4.78 is 0. The van der Waals surface area contributed by atoms with E-state index < -0.39 is 0 Å². The van der Waals surface area contributed by atoms with Crippen LogP contribution in [0.4, 0.5) is 0 Å². The fourth-order valence-electron chi connectivity index (χ4n) is 1.05. The quantitative estimate of drug-likeness (QED) is 0.563. The molecule has 0 spiro atoms. The second-order valence-electron chi connectivity index (χ2n) is 2.64. The highest BCUT2D eigenvalue weighted by Gasteiger charge is 2.12. The zero-order chi connectivity index (χ0) is 9.26. The van der Waals surface area contributed by atoms with E-state index in [0.717, 1.165) is 10.6 Å². The molecule has 2 heterocycles. The molecule has 1 aliphatic heterocycles. The van der Waals surface area contributed by atoms with E-state index in [1.165, 1.54) is 0 Å². The van der Waals surface area contributed by atoms with Gasteiger partial charge in [0.1, 0.15) is 10.2 Å². The molecule has 0 fully saturated rings. The summed E-state index contributed by atoms with van der Waals surface area (Å²) >= 11 is 5.68. The Morgan fingerprint density at radius 2 is 2.23 bits per heavy atom. The zero-order valence-corrected chi connectivity index (χ0v) is 8.63. The minimum atomic E-state index is -0.339. The normalized spacial score (nSPS) is 23.2. The van der Waals surface area contributed by atoms with Gasteiger partial charge < -0.3 is 0 Å². The lowest BCUT2D eigenvalue weighted by Gasteiger charge is -2.06. The molecule has 1 atom stereocenters. The van der Waals surface area contributed by atoms with E-state index in [-0.39, 0.29) is 10.9 Å². The van der Waals surface area contributed by atoms with Crippen molar-refractivity contribution in [1.29, 1.82) is 0 Å². The number of hydrogen-bond donors (Lipinski definition) is 1. The van der Waals surface area contributed by atoms with Gasteiger partial charge in [-0.1, -0.05) is 11.6 Å². The van der Waals surface area contributed by atoms with E-state index in [2.05, 4.69) is 21.4 Å². The molecule has 0 aliphatic carbocycles. The van der Waals surface area contributed by atoms with Gasteiger partial charge in [-0.3, -0.25) is 0 Å². The summed E-state index contributed by atoms with van der Waals surface area (Å²) in [5, 5.41) is 9.44. The van der Waals surface area contributed by atoms with Crippen LogP contribution in [-0.4, -0.2) is 21.8 Å². The second-order valence-corrected chi connectivity index (χ2v) is 4.90. The molecule has 1 aromatic heterocycles. The molecule has 0 saturated heterocycles. The Kier molecular flexibility index (Phi) is 2.33. The Bertz CT molecular complexity index is 371. The number of hydrogen-bond acceptors (Lipinski definition) is 3. The van der Waals surface area contributed by atoms with Crippen LogP contribution in [0.3, 0.4) is 0 Å². The molecule has 3 nitrogen and oxygen atoms in total. The molecule has 0 amide bonds. The third kappa shape index (κ3) is 1.73. The van der Waals surface area contributed by atoms with Crippen LogP contribution >= 0.6 is 22.5 Å². The highest BCUT2D eigenvalue weighted by molar-refractivity contribution is 8.40. The van der Waals surface area contributed by atoms with Crippen LogP contribution in [0.1, 0.15) is 5.56 Å². The van der Waals surface area contributed by atoms with Crippen LogP contribution < -0.4 is 0 Å². The second kappa shape index (κ2) is 3.47. The van der Waals surface area contributed by atoms with E-state index in [1.54, 1.807) is 12.3 Å². The van der Waals surface area contributed by atoms with Crippen LogP contribution in [0.5, 0.6) is 0 Å². The molecule has 1 aliphatic rings. The van der Waals surface area contributed by atoms with Gasteiger partial charge in [-0.2, -0.15) is 16.0 Å². The smallest absolute Gasteiger partial charge is 0.129 e. The van der Waals surface area contributed by atoms with Gasteiger partial charge >= 0.3 is 0 Å². The van der Waals surface area contributed by atoms with Gasteiger partial charge in [0, 0.05) is 11.8 Å². The molecule has 0 saturated carbocycles. The van der Waals surface area contributed by atoms with Crippen molar-refractivity contribution >= 4 is 33.1 Å². The number of nitrogens with zero attached hydrogens (tertiary/aromatic N) is 3. The summed E-state index contributed by atoms with van der Waals surface area (Å²) in [6, 6.07) is 3.68. The number of thiol groups is 1. The van der Waals surface area contributed by atoms with E-state index in [4.69, 9.17) is 11.6 Å². The monoisotopic (exact) mass is 213 g/mol. The van der Waals surface area contributed by atoms with Crippen LogP contribution in [0.15, 0.2) is 28.5 Å². The molecule has 5 heteroatoms. The number of pyridine rings is 1. The Morgan fingerprint density at radius 1 is 1.38 bits per heavy atom. The van der Waals surface area contributed by atoms with E-state index in [1.807, 2.05) is 11.6 Å². The van der Waals surface area contributed by atoms with Crippen molar-refractivity contribution in [3.63, 3.8) is 0 Å². The average Bonchev–Trinajstić information content (AvgIpc) is 2.53. The minimum Gasteiger partial charge on any atom is -0.244 e. The lowest BCUT2D eigenvalue weighted by molar-refractivity contribution is 1.26. The molecule has 68 valence electrons. The topological polar surface area (TPSA) is 37.6 Å². The van der Waals surface area contributed by atoms with Crippen molar-refractivity contribution in [2.75, 3.05) is 6.26 Å². The van der Waals surface area contributed by atoms with Crippen LogP contribution in [-0.2, 0) is 0 Å². The van der Waals surface area contributed by atoms with E-state index in [0.29, 0.717) is 5.15 Å². The first kappa shape index (κ1) is 8.72. The standard InChI is InChI=1S/C8H8ClN3S/c1-13-5-11-12-8(13)6-2-3-7(9)10-4-6/h2-5,13H,1H3. The Balaban J connectivity index is 2.32. The lowest BCUT2D eigenvalue weighted by Crippen LogP contribution is -1.98. The third-order valence-corrected chi connectivity index (χ3v) is 3.39. The molecule has 13 heavy (non-hydrogen) atoms. The first-order valence-corrected chi connectivity index (χ1v) is 5.97. The van der Waals surface area contributed by atoms with Gasteiger partial charge in [0.2, 0.25) is 0 Å². The van der Waals surface area contributed by atoms with Crippen molar-refractivity contribution in [2.24, 2.45) is 10.2 Å². The largest absolute Gasteiger partial charge is 0.244 e. The molecule has 0 aromatic carbocycles. The van der Waals surface area contributed by atoms with E-state index in [9.17, 15) is 0 Å². The molecule has 0 radical (unpaired) electrons. The van der Waals surface area contributed by atoms with Gasteiger partial charge in [0.25, 0.3) is 0 Å². The van der Waals surface area contributed by atoms with Crippen molar-refractivity contribution in [2.45, 2.75) is 0 Å². The van der Waals surface area contributed by atoms with Gasteiger partial charge in [0.15, 0.2) is 0 Å².